The van der Waals surface area contributed by atoms with Gasteiger partial charge in [0.15, 0.2) is 0 Å². The lowest BCUT2D eigenvalue weighted by atomic mass is 9.56. The lowest BCUT2D eigenvalue weighted by Crippen LogP contribution is -2.39. The molecule has 1 radical (unpaired) electrons. The molecule has 0 bridgehead atoms. The van der Waals surface area contributed by atoms with Crippen LogP contribution in [0.3, 0.4) is 0 Å². The zero-order valence-corrected chi connectivity index (χ0v) is 19.9. The van der Waals surface area contributed by atoms with Crippen molar-refractivity contribution in [2.45, 2.75) is 134 Å². The molecule has 0 heterocycles. The Morgan fingerprint density at radius 3 is 1.24 bits per heavy atom. The fourth-order valence-corrected chi connectivity index (χ4v) is 5.54. The van der Waals surface area contributed by atoms with Gasteiger partial charge in [0.25, 0.3) is 0 Å². The third-order valence-corrected chi connectivity index (χ3v) is 5.36. The standard InChI is InChI=1S/C25H51/c1-12-13-14-15-16-17-18-21(24(8,9)19-22(2,3)4)25(10,11)20-23(5,6)7/h12-20H2,1-11H3. The summed E-state index contributed by atoms with van der Waals surface area (Å²) in [5.74, 6) is 1.82. The van der Waals surface area contributed by atoms with Crippen molar-refractivity contribution in [1.29, 1.82) is 0 Å². The quantitative estimate of drug-likeness (QED) is 0.325. The van der Waals surface area contributed by atoms with Crippen molar-refractivity contribution in [3.05, 3.63) is 5.92 Å². The van der Waals surface area contributed by atoms with Crippen LogP contribution in [0.1, 0.15) is 134 Å². The van der Waals surface area contributed by atoms with E-state index in [0.29, 0.717) is 21.7 Å². The zero-order valence-electron chi connectivity index (χ0n) is 19.9. The van der Waals surface area contributed by atoms with Gasteiger partial charge < -0.3 is 0 Å². The van der Waals surface area contributed by atoms with Crippen molar-refractivity contribution in [2.24, 2.45) is 21.7 Å². The van der Waals surface area contributed by atoms with E-state index in [9.17, 15) is 0 Å². The first kappa shape index (κ1) is 25.0. The SMILES string of the molecule is CCCCCCCC[C](C(C)(C)CC(C)(C)C)C(C)(C)CC(C)(C)C. The third-order valence-electron chi connectivity index (χ3n) is 5.36. The molecule has 0 atom stereocenters. The summed E-state index contributed by atoms with van der Waals surface area (Å²) in [5, 5.41) is 0. The Balaban J connectivity index is 5.10. The largest absolute Gasteiger partial charge is 0.0654 e. The van der Waals surface area contributed by atoms with Crippen LogP contribution >= 0.6 is 0 Å². The van der Waals surface area contributed by atoms with Crippen LogP contribution in [-0.4, -0.2) is 0 Å². The van der Waals surface area contributed by atoms with E-state index >= 15 is 0 Å². The molecule has 0 aromatic heterocycles. The highest BCUT2D eigenvalue weighted by atomic mass is 14.5. The van der Waals surface area contributed by atoms with Gasteiger partial charge in [-0.2, -0.15) is 0 Å². The monoisotopic (exact) mass is 351 g/mol. The molecule has 0 heteroatoms. The lowest BCUT2D eigenvalue weighted by molar-refractivity contribution is 0.122. The van der Waals surface area contributed by atoms with Gasteiger partial charge in [-0.3, -0.25) is 0 Å². The summed E-state index contributed by atoms with van der Waals surface area (Å²) >= 11 is 0. The van der Waals surface area contributed by atoms with E-state index in [0.717, 1.165) is 0 Å². The fraction of sp³-hybridized carbons (Fsp3) is 0.960. The minimum absolute atomic E-state index is 0.316. The molecule has 0 aliphatic heterocycles. The summed E-state index contributed by atoms with van der Waals surface area (Å²) in [7, 11) is 0. The Kier molecular flexibility index (Phi) is 9.80. The van der Waals surface area contributed by atoms with Gasteiger partial charge in [-0.15, -0.1) is 0 Å². The van der Waals surface area contributed by atoms with E-state index in [-0.39, 0.29) is 0 Å². The minimum atomic E-state index is 0.316. The lowest BCUT2D eigenvalue weighted by Gasteiger charge is -2.49. The maximum Gasteiger partial charge on any atom is -0.0128 e. The van der Waals surface area contributed by atoms with Crippen molar-refractivity contribution in [2.75, 3.05) is 0 Å². The molecule has 25 heavy (non-hydrogen) atoms. The Labute approximate surface area is 161 Å². The van der Waals surface area contributed by atoms with Crippen molar-refractivity contribution >= 4 is 0 Å². The molecule has 0 nitrogen and oxygen atoms in total. The molecular weight excluding hydrogens is 300 g/mol. The average Bonchev–Trinajstić information content (AvgIpc) is 2.30. The Bertz CT molecular complexity index is 317. The summed E-state index contributed by atoms with van der Waals surface area (Å²) in [5.41, 5.74) is 1.40. The molecule has 0 aromatic carbocycles. The first-order valence-electron chi connectivity index (χ1n) is 11.0. The van der Waals surface area contributed by atoms with Gasteiger partial charge in [0, 0.05) is 0 Å². The second-order valence-electron chi connectivity index (χ2n) is 12.2. The molecule has 0 saturated carbocycles. The van der Waals surface area contributed by atoms with Crippen LogP contribution in [0.25, 0.3) is 0 Å². The van der Waals surface area contributed by atoms with Crippen LogP contribution in [-0.2, 0) is 0 Å². The van der Waals surface area contributed by atoms with Gasteiger partial charge in [-0.05, 0) is 46.8 Å². The minimum Gasteiger partial charge on any atom is -0.0654 e. The molecule has 151 valence electrons. The van der Waals surface area contributed by atoms with Crippen LogP contribution in [0, 0.1) is 27.6 Å². The zero-order chi connectivity index (χ0) is 19.9. The van der Waals surface area contributed by atoms with Crippen molar-refractivity contribution < 1.29 is 0 Å². The molecule has 0 amide bonds. The predicted molar refractivity (Wildman–Crippen MR) is 117 cm³/mol. The predicted octanol–water partition coefficient (Wildman–Crippen LogP) is 9.24. The highest BCUT2D eigenvalue weighted by Crippen LogP contribution is 2.54. The van der Waals surface area contributed by atoms with E-state index in [4.69, 9.17) is 0 Å². The highest BCUT2D eigenvalue weighted by Gasteiger charge is 2.43. The topological polar surface area (TPSA) is 0 Å². The number of rotatable bonds is 11. The van der Waals surface area contributed by atoms with E-state index in [1.54, 1.807) is 0 Å². The number of hydrogen-bond acceptors (Lipinski definition) is 0. The molecule has 0 rings (SSSR count). The van der Waals surface area contributed by atoms with E-state index in [1.165, 1.54) is 57.8 Å². The molecule has 0 aliphatic rings. The van der Waals surface area contributed by atoms with E-state index in [1.807, 2.05) is 5.92 Å². The second kappa shape index (κ2) is 9.80. The maximum atomic E-state index is 2.51. The van der Waals surface area contributed by atoms with Crippen molar-refractivity contribution in [1.82, 2.24) is 0 Å². The van der Waals surface area contributed by atoms with Gasteiger partial charge in [0.2, 0.25) is 0 Å². The maximum absolute atomic E-state index is 2.51. The van der Waals surface area contributed by atoms with Crippen LogP contribution < -0.4 is 0 Å². The van der Waals surface area contributed by atoms with Gasteiger partial charge >= 0.3 is 0 Å². The van der Waals surface area contributed by atoms with Gasteiger partial charge in [-0.1, -0.05) is 115 Å². The van der Waals surface area contributed by atoms with Crippen molar-refractivity contribution in [3.8, 4) is 0 Å². The normalized spacial score (nSPS) is 14.4. The molecular formula is C25H51. The van der Waals surface area contributed by atoms with Crippen molar-refractivity contribution in [3.63, 3.8) is 0 Å². The Morgan fingerprint density at radius 2 is 0.880 bits per heavy atom. The second-order valence-corrected chi connectivity index (χ2v) is 12.2. The third kappa shape index (κ3) is 11.3. The van der Waals surface area contributed by atoms with Gasteiger partial charge in [0.05, 0.1) is 0 Å². The first-order chi connectivity index (χ1) is 11.1. The Hall–Kier alpha value is 0. The molecule has 0 N–H and O–H groups in total. The highest BCUT2D eigenvalue weighted by molar-refractivity contribution is 5.13. The first-order valence-corrected chi connectivity index (χ1v) is 11.0. The smallest absolute Gasteiger partial charge is 0.0128 e. The molecule has 0 unspecified atom stereocenters. The summed E-state index contributed by atoms with van der Waals surface area (Å²) < 4.78 is 0. The average molecular weight is 352 g/mol. The van der Waals surface area contributed by atoms with Crippen LogP contribution in [0.15, 0.2) is 0 Å². The number of unbranched alkanes of at least 4 members (excludes halogenated alkanes) is 5. The van der Waals surface area contributed by atoms with Crippen LogP contribution in [0.5, 0.6) is 0 Å². The summed E-state index contributed by atoms with van der Waals surface area (Å²) in [6, 6.07) is 0. The number of hydrogen-bond donors (Lipinski definition) is 0. The molecule has 0 saturated heterocycles. The summed E-state index contributed by atoms with van der Waals surface area (Å²) in [4.78, 5) is 0. The molecule has 0 aliphatic carbocycles. The summed E-state index contributed by atoms with van der Waals surface area (Å²) in [6.45, 7) is 26.7. The van der Waals surface area contributed by atoms with Gasteiger partial charge in [0.1, 0.15) is 0 Å². The van der Waals surface area contributed by atoms with Crippen LogP contribution in [0.2, 0.25) is 0 Å². The van der Waals surface area contributed by atoms with Crippen LogP contribution in [0.4, 0.5) is 0 Å². The van der Waals surface area contributed by atoms with E-state index in [2.05, 4.69) is 76.2 Å². The fourth-order valence-electron chi connectivity index (χ4n) is 5.54. The van der Waals surface area contributed by atoms with E-state index < -0.39 is 0 Å². The molecule has 0 spiro atoms. The molecule has 0 fully saturated rings. The molecule has 0 aromatic rings. The Morgan fingerprint density at radius 1 is 0.520 bits per heavy atom. The summed E-state index contributed by atoms with van der Waals surface area (Å²) in [6.07, 6.45) is 12.2. The van der Waals surface area contributed by atoms with Gasteiger partial charge in [-0.25, -0.2) is 0 Å².